The molecule has 0 radical (unpaired) electrons. The first-order valence-electron chi connectivity index (χ1n) is 6.69. The molecule has 3 heteroatoms. The van der Waals surface area contributed by atoms with Crippen molar-refractivity contribution in [2.75, 3.05) is 0 Å². The van der Waals surface area contributed by atoms with Crippen molar-refractivity contribution < 1.29 is 4.39 Å². The lowest BCUT2D eigenvalue weighted by Gasteiger charge is -2.08. The molecule has 0 aliphatic heterocycles. The van der Waals surface area contributed by atoms with Crippen LogP contribution in [0.5, 0.6) is 0 Å². The summed E-state index contributed by atoms with van der Waals surface area (Å²) >= 11 is 0. The van der Waals surface area contributed by atoms with Gasteiger partial charge in [0, 0.05) is 24.8 Å². The van der Waals surface area contributed by atoms with E-state index in [1.807, 2.05) is 12.3 Å². The molecule has 20 heavy (non-hydrogen) atoms. The fourth-order valence-electron chi connectivity index (χ4n) is 2.58. The van der Waals surface area contributed by atoms with Gasteiger partial charge in [0.25, 0.3) is 0 Å². The minimum absolute atomic E-state index is 0.227. The zero-order chi connectivity index (χ0) is 14.1. The average molecular weight is 268 g/mol. The highest BCUT2D eigenvalue weighted by atomic mass is 19.1. The van der Waals surface area contributed by atoms with Gasteiger partial charge in [-0.25, -0.2) is 4.39 Å². The number of nitrogens with two attached hydrogens (primary N) is 1. The minimum atomic E-state index is -0.227. The van der Waals surface area contributed by atoms with Gasteiger partial charge in [0.1, 0.15) is 5.82 Å². The lowest BCUT2D eigenvalue weighted by atomic mass is 10.1. The van der Waals surface area contributed by atoms with Gasteiger partial charge in [0.15, 0.2) is 0 Å². The fraction of sp³-hybridized carbons (Fsp3) is 0.176. The lowest BCUT2D eigenvalue weighted by Crippen LogP contribution is -2.02. The molecule has 0 atom stereocenters. The fourth-order valence-corrected chi connectivity index (χ4v) is 2.58. The van der Waals surface area contributed by atoms with E-state index in [9.17, 15) is 4.39 Å². The molecular formula is C17H17FN2. The molecule has 1 heterocycles. The molecule has 2 nitrogen and oxygen atoms in total. The van der Waals surface area contributed by atoms with Crippen LogP contribution >= 0.6 is 0 Å². The largest absolute Gasteiger partial charge is 0.343 e. The maximum atomic E-state index is 13.5. The second-order valence-electron chi connectivity index (χ2n) is 5.18. The van der Waals surface area contributed by atoms with Crippen LogP contribution in [-0.2, 0) is 13.1 Å². The van der Waals surface area contributed by atoms with Crippen molar-refractivity contribution in [3.8, 4) is 0 Å². The number of aryl methyl sites for hydroxylation is 1. The van der Waals surface area contributed by atoms with Crippen LogP contribution in [0.2, 0.25) is 0 Å². The van der Waals surface area contributed by atoms with Crippen molar-refractivity contribution in [2.24, 2.45) is 5.73 Å². The Bertz CT molecular complexity index is 759. The van der Waals surface area contributed by atoms with Gasteiger partial charge in [0.2, 0.25) is 0 Å². The Morgan fingerprint density at radius 3 is 2.65 bits per heavy atom. The number of nitrogens with zero attached hydrogens (tertiary/aromatic N) is 1. The van der Waals surface area contributed by atoms with Gasteiger partial charge >= 0.3 is 0 Å². The molecule has 0 spiro atoms. The summed E-state index contributed by atoms with van der Waals surface area (Å²) in [7, 11) is 0. The summed E-state index contributed by atoms with van der Waals surface area (Å²) in [5, 5.41) is 1.21. The Kier molecular flexibility index (Phi) is 3.28. The molecule has 0 aliphatic rings. The maximum Gasteiger partial charge on any atom is 0.123 e. The molecule has 0 unspecified atom stereocenters. The number of hydrogen-bond acceptors (Lipinski definition) is 1. The van der Waals surface area contributed by atoms with Gasteiger partial charge < -0.3 is 10.3 Å². The number of halogens is 1. The molecule has 0 bridgehead atoms. The number of benzene rings is 2. The standard InChI is InChI=1S/C17H17FN2/c1-12-2-3-17-15(6-12)4-5-20(17)11-14-7-13(10-19)8-16(18)9-14/h2-9H,10-11,19H2,1H3. The summed E-state index contributed by atoms with van der Waals surface area (Å²) < 4.78 is 15.7. The topological polar surface area (TPSA) is 30.9 Å². The molecule has 3 aromatic rings. The number of aromatic nitrogens is 1. The van der Waals surface area contributed by atoms with Crippen LogP contribution in [0.3, 0.4) is 0 Å². The predicted molar refractivity (Wildman–Crippen MR) is 80.1 cm³/mol. The molecule has 0 aliphatic carbocycles. The smallest absolute Gasteiger partial charge is 0.123 e. The van der Waals surface area contributed by atoms with E-state index in [1.54, 1.807) is 6.07 Å². The highest BCUT2D eigenvalue weighted by Crippen LogP contribution is 2.19. The van der Waals surface area contributed by atoms with E-state index in [4.69, 9.17) is 5.73 Å². The summed E-state index contributed by atoms with van der Waals surface area (Å²) in [5.74, 6) is -0.227. The maximum absolute atomic E-state index is 13.5. The van der Waals surface area contributed by atoms with E-state index < -0.39 is 0 Å². The Hall–Kier alpha value is -2.13. The zero-order valence-corrected chi connectivity index (χ0v) is 11.4. The van der Waals surface area contributed by atoms with Crippen LogP contribution in [0.25, 0.3) is 10.9 Å². The van der Waals surface area contributed by atoms with Crippen LogP contribution in [0, 0.1) is 12.7 Å². The Morgan fingerprint density at radius 2 is 1.85 bits per heavy atom. The van der Waals surface area contributed by atoms with Gasteiger partial charge in [-0.1, -0.05) is 17.7 Å². The van der Waals surface area contributed by atoms with Crippen molar-refractivity contribution in [1.82, 2.24) is 4.57 Å². The molecular weight excluding hydrogens is 251 g/mol. The van der Waals surface area contributed by atoms with E-state index in [2.05, 4.69) is 35.8 Å². The molecule has 1 aromatic heterocycles. The number of rotatable bonds is 3. The van der Waals surface area contributed by atoms with Crippen LogP contribution in [0.4, 0.5) is 4.39 Å². The Labute approximate surface area is 117 Å². The van der Waals surface area contributed by atoms with Crippen LogP contribution in [-0.4, -0.2) is 4.57 Å². The molecule has 2 aromatic carbocycles. The second kappa shape index (κ2) is 5.10. The van der Waals surface area contributed by atoms with E-state index >= 15 is 0 Å². The zero-order valence-electron chi connectivity index (χ0n) is 11.4. The highest BCUT2D eigenvalue weighted by molar-refractivity contribution is 5.80. The van der Waals surface area contributed by atoms with E-state index in [1.165, 1.54) is 17.0 Å². The van der Waals surface area contributed by atoms with Crippen molar-refractivity contribution in [3.63, 3.8) is 0 Å². The van der Waals surface area contributed by atoms with Crippen molar-refractivity contribution in [2.45, 2.75) is 20.0 Å². The quantitative estimate of drug-likeness (QED) is 0.773. The summed E-state index contributed by atoms with van der Waals surface area (Å²) in [6, 6.07) is 13.5. The summed E-state index contributed by atoms with van der Waals surface area (Å²) in [6.07, 6.45) is 2.04. The number of hydrogen-bond donors (Lipinski definition) is 1. The van der Waals surface area contributed by atoms with Gasteiger partial charge in [-0.2, -0.15) is 0 Å². The molecule has 0 saturated carbocycles. The summed E-state index contributed by atoms with van der Waals surface area (Å²) in [6.45, 7) is 3.09. The molecule has 0 saturated heterocycles. The summed E-state index contributed by atoms with van der Waals surface area (Å²) in [4.78, 5) is 0. The molecule has 3 rings (SSSR count). The van der Waals surface area contributed by atoms with E-state index in [0.717, 1.165) is 16.6 Å². The highest BCUT2D eigenvalue weighted by Gasteiger charge is 2.04. The SMILES string of the molecule is Cc1ccc2c(ccn2Cc2cc(F)cc(CN)c2)c1. The normalized spacial score (nSPS) is 11.2. The third-order valence-corrected chi connectivity index (χ3v) is 3.53. The Morgan fingerprint density at radius 1 is 1.05 bits per heavy atom. The van der Waals surface area contributed by atoms with Gasteiger partial charge in [-0.05, 0) is 53.8 Å². The molecule has 0 fully saturated rings. The molecule has 0 amide bonds. The van der Waals surface area contributed by atoms with Gasteiger partial charge in [0.05, 0.1) is 0 Å². The minimum Gasteiger partial charge on any atom is -0.343 e. The van der Waals surface area contributed by atoms with E-state index in [-0.39, 0.29) is 5.82 Å². The first-order valence-corrected chi connectivity index (χ1v) is 6.69. The average Bonchev–Trinajstić information content (AvgIpc) is 2.80. The first-order chi connectivity index (χ1) is 9.65. The molecule has 2 N–H and O–H groups in total. The van der Waals surface area contributed by atoms with Gasteiger partial charge in [-0.3, -0.25) is 0 Å². The second-order valence-corrected chi connectivity index (χ2v) is 5.18. The van der Waals surface area contributed by atoms with Crippen LogP contribution < -0.4 is 5.73 Å². The molecule has 102 valence electrons. The van der Waals surface area contributed by atoms with Crippen molar-refractivity contribution in [3.05, 3.63) is 71.2 Å². The summed E-state index contributed by atoms with van der Waals surface area (Å²) in [5.41, 5.74) is 9.76. The van der Waals surface area contributed by atoms with Crippen LogP contribution in [0.15, 0.2) is 48.7 Å². The van der Waals surface area contributed by atoms with Crippen molar-refractivity contribution >= 4 is 10.9 Å². The van der Waals surface area contributed by atoms with E-state index in [0.29, 0.717) is 13.1 Å². The van der Waals surface area contributed by atoms with Crippen molar-refractivity contribution in [1.29, 1.82) is 0 Å². The first kappa shape index (κ1) is 12.9. The van der Waals surface area contributed by atoms with Gasteiger partial charge in [-0.15, -0.1) is 0 Å². The van der Waals surface area contributed by atoms with Crippen LogP contribution in [0.1, 0.15) is 16.7 Å². The number of fused-ring (bicyclic) bond motifs is 1. The lowest BCUT2D eigenvalue weighted by molar-refractivity contribution is 0.621. The monoisotopic (exact) mass is 268 g/mol. The third kappa shape index (κ3) is 2.45. The third-order valence-electron chi connectivity index (χ3n) is 3.53. The predicted octanol–water partition coefficient (Wildman–Crippen LogP) is 3.60. The Balaban J connectivity index is 1.99.